The largest absolute Gasteiger partial charge is 0.399 e. The lowest BCUT2D eigenvalue weighted by atomic mass is 9.83. The van der Waals surface area contributed by atoms with Gasteiger partial charge in [-0.25, -0.2) is 0 Å². The lowest BCUT2D eigenvalue weighted by Crippen LogP contribution is -2.45. The molecule has 0 unspecified atom stereocenters. The third kappa shape index (κ3) is 2.60. The maximum Gasteiger partial charge on any atom is 0.223 e. The van der Waals surface area contributed by atoms with Crippen LogP contribution in [0.1, 0.15) is 38.7 Å². The Labute approximate surface area is 102 Å². The molecule has 3 N–H and O–H groups in total. The standard InChI is InChI=1S/C14H20N2O/c1-14(2,11-6-8-12(15)9-7-11)16-13(17)10-4-3-5-10/h6-10H,3-5,15H2,1-2H3,(H,16,17). The van der Waals surface area contributed by atoms with Crippen molar-refractivity contribution in [3.8, 4) is 0 Å². The van der Waals surface area contributed by atoms with Gasteiger partial charge in [0, 0.05) is 11.6 Å². The molecular weight excluding hydrogens is 212 g/mol. The molecule has 0 spiro atoms. The lowest BCUT2D eigenvalue weighted by molar-refractivity contribution is -0.129. The van der Waals surface area contributed by atoms with Crippen molar-refractivity contribution in [1.29, 1.82) is 0 Å². The van der Waals surface area contributed by atoms with Gasteiger partial charge in [-0.05, 0) is 44.4 Å². The van der Waals surface area contributed by atoms with E-state index in [1.165, 1.54) is 6.42 Å². The Balaban J connectivity index is 2.06. The zero-order valence-electron chi connectivity index (χ0n) is 10.5. The van der Waals surface area contributed by atoms with Crippen LogP contribution in [0.15, 0.2) is 24.3 Å². The van der Waals surface area contributed by atoms with Gasteiger partial charge in [0.15, 0.2) is 0 Å². The fourth-order valence-electron chi connectivity index (χ4n) is 2.05. The molecule has 2 rings (SSSR count). The number of hydrogen-bond acceptors (Lipinski definition) is 2. The predicted octanol–water partition coefficient (Wildman–Crippen LogP) is 2.42. The van der Waals surface area contributed by atoms with E-state index in [4.69, 9.17) is 5.73 Å². The average molecular weight is 232 g/mol. The van der Waals surface area contributed by atoms with Crippen molar-refractivity contribution < 1.29 is 4.79 Å². The molecule has 0 aromatic heterocycles. The molecule has 0 atom stereocenters. The monoisotopic (exact) mass is 232 g/mol. The Morgan fingerprint density at radius 3 is 2.35 bits per heavy atom. The molecule has 0 radical (unpaired) electrons. The van der Waals surface area contributed by atoms with E-state index in [0.29, 0.717) is 0 Å². The van der Waals surface area contributed by atoms with Crippen LogP contribution < -0.4 is 11.1 Å². The molecule has 0 saturated heterocycles. The number of carbonyl (C=O) groups excluding carboxylic acids is 1. The summed E-state index contributed by atoms with van der Waals surface area (Å²) in [5, 5.41) is 3.11. The summed E-state index contributed by atoms with van der Waals surface area (Å²) >= 11 is 0. The Kier molecular flexibility index (Phi) is 3.09. The molecule has 0 heterocycles. The Morgan fingerprint density at radius 2 is 1.88 bits per heavy atom. The molecular formula is C14H20N2O. The minimum absolute atomic E-state index is 0.179. The van der Waals surface area contributed by atoms with Crippen LogP contribution in [-0.2, 0) is 10.3 Å². The second-order valence-electron chi connectivity index (χ2n) is 5.36. The molecule has 0 aliphatic heterocycles. The number of nitrogen functional groups attached to an aromatic ring is 1. The summed E-state index contributed by atoms with van der Waals surface area (Å²) in [6.45, 7) is 4.05. The zero-order chi connectivity index (χ0) is 12.5. The SMILES string of the molecule is CC(C)(NC(=O)C1CCC1)c1ccc(N)cc1. The summed E-state index contributed by atoms with van der Waals surface area (Å²) in [4.78, 5) is 11.9. The van der Waals surface area contributed by atoms with Gasteiger partial charge in [0.1, 0.15) is 0 Å². The smallest absolute Gasteiger partial charge is 0.223 e. The van der Waals surface area contributed by atoms with Crippen LogP contribution in [0.25, 0.3) is 0 Å². The minimum atomic E-state index is -0.333. The Hall–Kier alpha value is -1.51. The van der Waals surface area contributed by atoms with Gasteiger partial charge in [-0.3, -0.25) is 4.79 Å². The van der Waals surface area contributed by atoms with Crippen LogP contribution in [0.5, 0.6) is 0 Å². The third-order valence-corrected chi connectivity index (χ3v) is 3.54. The van der Waals surface area contributed by atoms with Crippen molar-refractivity contribution in [3.63, 3.8) is 0 Å². The predicted molar refractivity (Wildman–Crippen MR) is 69.4 cm³/mol. The molecule has 1 fully saturated rings. The van der Waals surface area contributed by atoms with Crippen molar-refractivity contribution in [3.05, 3.63) is 29.8 Å². The van der Waals surface area contributed by atoms with Crippen molar-refractivity contribution in [2.75, 3.05) is 5.73 Å². The van der Waals surface area contributed by atoms with Gasteiger partial charge in [0.05, 0.1) is 5.54 Å². The van der Waals surface area contributed by atoms with Gasteiger partial charge in [0.25, 0.3) is 0 Å². The third-order valence-electron chi connectivity index (χ3n) is 3.54. The summed E-state index contributed by atoms with van der Waals surface area (Å²) in [6, 6.07) is 7.67. The summed E-state index contributed by atoms with van der Waals surface area (Å²) in [5.74, 6) is 0.404. The molecule has 1 aromatic rings. The highest BCUT2D eigenvalue weighted by molar-refractivity contribution is 5.80. The molecule has 92 valence electrons. The molecule has 0 bridgehead atoms. The van der Waals surface area contributed by atoms with Gasteiger partial charge < -0.3 is 11.1 Å². The first-order valence-electron chi connectivity index (χ1n) is 6.17. The zero-order valence-corrected chi connectivity index (χ0v) is 10.5. The summed E-state index contributed by atoms with van der Waals surface area (Å²) < 4.78 is 0. The van der Waals surface area contributed by atoms with E-state index in [-0.39, 0.29) is 17.4 Å². The number of carbonyl (C=O) groups is 1. The molecule has 3 heteroatoms. The first-order valence-corrected chi connectivity index (χ1v) is 6.17. The molecule has 1 amide bonds. The van der Waals surface area contributed by atoms with Crippen molar-refractivity contribution >= 4 is 11.6 Å². The first kappa shape index (κ1) is 12.0. The second kappa shape index (κ2) is 4.40. The average Bonchev–Trinajstić information content (AvgIpc) is 2.14. The summed E-state index contributed by atoms with van der Waals surface area (Å²) in [6.07, 6.45) is 3.24. The normalized spacial score (nSPS) is 16.4. The van der Waals surface area contributed by atoms with E-state index >= 15 is 0 Å². The number of rotatable bonds is 3. The quantitative estimate of drug-likeness (QED) is 0.786. The number of benzene rings is 1. The van der Waals surface area contributed by atoms with E-state index in [1.807, 2.05) is 38.1 Å². The van der Waals surface area contributed by atoms with E-state index < -0.39 is 0 Å². The molecule has 3 nitrogen and oxygen atoms in total. The minimum Gasteiger partial charge on any atom is -0.399 e. The van der Waals surface area contributed by atoms with Crippen LogP contribution in [0.4, 0.5) is 5.69 Å². The summed E-state index contributed by atoms with van der Waals surface area (Å²) in [7, 11) is 0. The van der Waals surface area contributed by atoms with Crippen LogP contribution in [0.2, 0.25) is 0 Å². The molecule has 1 saturated carbocycles. The maximum atomic E-state index is 11.9. The number of amides is 1. The van der Waals surface area contributed by atoms with Crippen molar-refractivity contribution in [1.82, 2.24) is 5.32 Å². The highest BCUT2D eigenvalue weighted by atomic mass is 16.2. The fourth-order valence-corrected chi connectivity index (χ4v) is 2.05. The molecule has 17 heavy (non-hydrogen) atoms. The number of nitrogens with two attached hydrogens (primary N) is 1. The molecule has 1 aromatic carbocycles. The van der Waals surface area contributed by atoms with Crippen LogP contribution in [0, 0.1) is 5.92 Å². The van der Waals surface area contributed by atoms with Gasteiger partial charge >= 0.3 is 0 Å². The van der Waals surface area contributed by atoms with Crippen LogP contribution in [0.3, 0.4) is 0 Å². The highest BCUT2D eigenvalue weighted by Crippen LogP contribution is 2.28. The molecule has 1 aliphatic carbocycles. The fraction of sp³-hybridized carbons (Fsp3) is 0.500. The number of nitrogens with one attached hydrogen (secondary N) is 1. The summed E-state index contributed by atoms with van der Waals surface area (Å²) in [5.41, 5.74) is 7.16. The van der Waals surface area contributed by atoms with E-state index in [1.54, 1.807) is 0 Å². The van der Waals surface area contributed by atoms with E-state index in [9.17, 15) is 4.79 Å². The van der Waals surface area contributed by atoms with Gasteiger partial charge in [-0.1, -0.05) is 18.6 Å². The number of anilines is 1. The van der Waals surface area contributed by atoms with Gasteiger partial charge in [-0.2, -0.15) is 0 Å². The van der Waals surface area contributed by atoms with Crippen LogP contribution >= 0.6 is 0 Å². The van der Waals surface area contributed by atoms with Crippen molar-refractivity contribution in [2.45, 2.75) is 38.6 Å². The van der Waals surface area contributed by atoms with E-state index in [0.717, 1.165) is 24.1 Å². The Bertz CT molecular complexity index is 405. The number of hydrogen-bond donors (Lipinski definition) is 2. The van der Waals surface area contributed by atoms with Gasteiger partial charge in [-0.15, -0.1) is 0 Å². The maximum absolute atomic E-state index is 11.9. The first-order chi connectivity index (χ1) is 7.99. The van der Waals surface area contributed by atoms with Gasteiger partial charge in [0.2, 0.25) is 5.91 Å². The topological polar surface area (TPSA) is 55.1 Å². The van der Waals surface area contributed by atoms with E-state index in [2.05, 4.69) is 5.32 Å². The second-order valence-corrected chi connectivity index (χ2v) is 5.36. The van der Waals surface area contributed by atoms with Crippen molar-refractivity contribution in [2.24, 2.45) is 5.92 Å². The Morgan fingerprint density at radius 1 is 1.29 bits per heavy atom. The molecule has 1 aliphatic rings. The van der Waals surface area contributed by atoms with Crippen LogP contribution in [-0.4, -0.2) is 5.91 Å². The highest BCUT2D eigenvalue weighted by Gasteiger charge is 2.30. The lowest BCUT2D eigenvalue weighted by Gasteiger charge is -2.32.